The lowest BCUT2D eigenvalue weighted by Crippen LogP contribution is -2.45. The van der Waals surface area contributed by atoms with Gasteiger partial charge in [-0.2, -0.15) is 0 Å². The van der Waals surface area contributed by atoms with E-state index < -0.39 is 0 Å². The molecular weight excluding hydrogens is 300 g/mol. The molecule has 0 aliphatic carbocycles. The number of phenolic OH excluding ortho intramolecular Hbond substituents is 1. The van der Waals surface area contributed by atoms with Crippen LogP contribution in [0, 0.1) is 0 Å². The Morgan fingerprint density at radius 2 is 1.67 bits per heavy atom. The summed E-state index contributed by atoms with van der Waals surface area (Å²) in [5.41, 5.74) is 1.57. The van der Waals surface area contributed by atoms with Crippen LogP contribution < -0.4 is 5.32 Å². The van der Waals surface area contributed by atoms with E-state index in [9.17, 15) is 9.90 Å². The molecule has 0 aliphatic heterocycles. The Bertz CT molecular complexity index is 639. The van der Waals surface area contributed by atoms with Crippen LogP contribution in [0.25, 0.3) is 0 Å². The highest BCUT2D eigenvalue weighted by molar-refractivity contribution is 5.96. The fraction of sp³-hybridized carbons (Fsp3) is 0.350. The molecular formula is C20H26N2O2. The van der Waals surface area contributed by atoms with Gasteiger partial charge in [-0.1, -0.05) is 56.3 Å². The number of benzene rings is 2. The number of para-hydroxylation sites is 1. The predicted octanol–water partition coefficient (Wildman–Crippen LogP) is 3.08. The van der Waals surface area contributed by atoms with E-state index in [1.807, 2.05) is 18.2 Å². The minimum Gasteiger partial charge on any atom is -0.507 e. The van der Waals surface area contributed by atoms with Crippen LogP contribution >= 0.6 is 0 Å². The van der Waals surface area contributed by atoms with Crippen molar-refractivity contribution in [3.05, 3.63) is 65.7 Å². The van der Waals surface area contributed by atoms with Gasteiger partial charge in [0, 0.05) is 12.6 Å². The summed E-state index contributed by atoms with van der Waals surface area (Å²) in [6.07, 6.45) is 0.879. The minimum atomic E-state index is -0.238. The maximum absolute atomic E-state index is 12.3. The zero-order valence-electron chi connectivity index (χ0n) is 14.4. The van der Waals surface area contributed by atoms with Gasteiger partial charge >= 0.3 is 0 Å². The first-order valence-electron chi connectivity index (χ1n) is 8.49. The molecule has 0 aromatic heterocycles. The Morgan fingerprint density at radius 3 is 2.29 bits per heavy atom. The summed E-state index contributed by atoms with van der Waals surface area (Å²) in [6, 6.07) is 17.1. The molecule has 0 aliphatic rings. The molecule has 0 saturated carbocycles. The third-order valence-electron chi connectivity index (χ3n) is 4.29. The van der Waals surface area contributed by atoms with Gasteiger partial charge in [0.2, 0.25) is 0 Å². The Morgan fingerprint density at radius 1 is 1.04 bits per heavy atom. The number of aromatic hydroxyl groups is 1. The molecule has 2 aromatic carbocycles. The number of hydrogen-bond acceptors (Lipinski definition) is 3. The fourth-order valence-corrected chi connectivity index (χ4v) is 2.93. The maximum Gasteiger partial charge on any atom is 0.255 e. The molecule has 2 aromatic rings. The van der Waals surface area contributed by atoms with E-state index in [4.69, 9.17) is 0 Å². The molecule has 0 bridgehead atoms. The highest BCUT2D eigenvalue weighted by Crippen LogP contribution is 2.15. The van der Waals surface area contributed by atoms with Gasteiger partial charge in [0.25, 0.3) is 5.91 Å². The van der Waals surface area contributed by atoms with Crippen LogP contribution in [-0.2, 0) is 6.42 Å². The van der Waals surface area contributed by atoms with Crippen LogP contribution in [0.5, 0.6) is 5.75 Å². The average molecular weight is 326 g/mol. The number of phenols is 1. The van der Waals surface area contributed by atoms with Gasteiger partial charge in [-0.15, -0.1) is 0 Å². The molecule has 0 fully saturated rings. The number of rotatable bonds is 8. The molecule has 0 saturated heterocycles. The van der Waals surface area contributed by atoms with Crippen LogP contribution in [-0.4, -0.2) is 41.6 Å². The molecule has 2 N–H and O–H groups in total. The number of carbonyl (C=O) groups excluding carboxylic acids is 1. The second-order valence-corrected chi connectivity index (χ2v) is 5.79. The molecule has 24 heavy (non-hydrogen) atoms. The third kappa shape index (κ3) is 4.83. The summed E-state index contributed by atoms with van der Waals surface area (Å²) in [4.78, 5) is 14.7. The standard InChI is InChI=1S/C20H26N2O2/c1-3-22(4-2)17(14-16-10-6-5-7-11-16)15-21-20(24)18-12-8-9-13-19(18)23/h5-13,17,23H,3-4,14-15H2,1-2H3,(H,21,24)/t17-/m1/s1. The first-order valence-corrected chi connectivity index (χ1v) is 8.49. The summed E-state index contributed by atoms with van der Waals surface area (Å²) in [6.45, 7) is 6.67. The molecule has 1 atom stereocenters. The quantitative estimate of drug-likeness (QED) is 0.784. The van der Waals surface area contributed by atoms with Crippen LogP contribution in [0.1, 0.15) is 29.8 Å². The molecule has 128 valence electrons. The number of hydrogen-bond donors (Lipinski definition) is 2. The van der Waals surface area contributed by atoms with E-state index in [1.165, 1.54) is 11.6 Å². The van der Waals surface area contributed by atoms with Gasteiger partial charge in [-0.3, -0.25) is 9.69 Å². The van der Waals surface area contributed by atoms with E-state index in [-0.39, 0.29) is 17.7 Å². The van der Waals surface area contributed by atoms with Gasteiger partial charge in [0.1, 0.15) is 5.75 Å². The lowest BCUT2D eigenvalue weighted by atomic mass is 10.0. The fourth-order valence-electron chi connectivity index (χ4n) is 2.93. The monoisotopic (exact) mass is 326 g/mol. The van der Waals surface area contributed by atoms with Crippen molar-refractivity contribution in [1.82, 2.24) is 10.2 Å². The topological polar surface area (TPSA) is 52.6 Å². The Labute approximate surface area is 144 Å². The molecule has 4 heteroatoms. The summed E-state index contributed by atoms with van der Waals surface area (Å²) in [5.74, 6) is -0.226. The minimum absolute atomic E-state index is 0.0115. The van der Waals surface area contributed by atoms with Crippen molar-refractivity contribution in [2.75, 3.05) is 19.6 Å². The summed E-state index contributed by atoms with van der Waals surface area (Å²) >= 11 is 0. The molecule has 0 spiro atoms. The van der Waals surface area contributed by atoms with Crippen molar-refractivity contribution in [3.8, 4) is 5.75 Å². The molecule has 4 nitrogen and oxygen atoms in total. The van der Waals surface area contributed by atoms with Gasteiger partial charge in [-0.25, -0.2) is 0 Å². The van der Waals surface area contributed by atoms with E-state index in [0.29, 0.717) is 12.1 Å². The third-order valence-corrected chi connectivity index (χ3v) is 4.29. The van der Waals surface area contributed by atoms with E-state index in [2.05, 4.69) is 36.2 Å². The van der Waals surface area contributed by atoms with Gasteiger partial charge < -0.3 is 10.4 Å². The van der Waals surface area contributed by atoms with Crippen molar-refractivity contribution in [2.45, 2.75) is 26.3 Å². The van der Waals surface area contributed by atoms with Crippen molar-refractivity contribution in [1.29, 1.82) is 0 Å². The second kappa shape index (κ2) is 9.08. The molecule has 1 amide bonds. The van der Waals surface area contributed by atoms with E-state index >= 15 is 0 Å². The number of nitrogens with zero attached hydrogens (tertiary/aromatic N) is 1. The summed E-state index contributed by atoms with van der Waals surface area (Å²) < 4.78 is 0. The van der Waals surface area contributed by atoms with Crippen molar-refractivity contribution in [2.24, 2.45) is 0 Å². The van der Waals surface area contributed by atoms with Crippen LogP contribution in [0.15, 0.2) is 54.6 Å². The Kier molecular flexibility index (Phi) is 6.82. The Hall–Kier alpha value is -2.33. The first-order chi connectivity index (χ1) is 11.7. The lowest BCUT2D eigenvalue weighted by molar-refractivity contribution is 0.0932. The average Bonchev–Trinajstić information content (AvgIpc) is 2.61. The summed E-state index contributed by atoms with van der Waals surface area (Å²) in [5, 5.41) is 12.8. The largest absolute Gasteiger partial charge is 0.507 e. The highest BCUT2D eigenvalue weighted by atomic mass is 16.3. The molecule has 0 unspecified atom stereocenters. The normalized spacial score (nSPS) is 12.1. The van der Waals surface area contributed by atoms with Gasteiger partial charge in [-0.05, 0) is 37.2 Å². The maximum atomic E-state index is 12.3. The van der Waals surface area contributed by atoms with Gasteiger partial charge in [0.15, 0.2) is 0 Å². The molecule has 0 heterocycles. The zero-order chi connectivity index (χ0) is 17.4. The Balaban J connectivity index is 2.05. The number of likely N-dealkylation sites (N-methyl/N-ethyl adjacent to an activating group) is 1. The van der Waals surface area contributed by atoms with Crippen molar-refractivity contribution < 1.29 is 9.90 Å². The predicted molar refractivity (Wildman–Crippen MR) is 97.3 cm³/mol. The van der Waals surface area contributed by atoms with Crippen LogP contribution in [0.4, 0.5) is 0 Å². The van der Waals surface area contributed by atoms with Crippen LogP contribution in [0.3, 0.4) is 0 Å². The second-order valence-electron chi connectivity index (χ2n) is 5.79. The summed E-state index contributed by atoms with van der Waals surface area (Å²) in [7, 11) is 0. The number of amides is 1. The van der Waals surface area contributed by atoms with Crippen molar-refractivity contribution >= 4 is 5.91 Å². The number of nitrogens with one attached hydrogen (secondary N) is 1. The van der Waals surface area contributed by atoms with E-state index in [1.54, 1.807) is 18.2 Å². The highest BCUT2D eigenvalue weighted by Gasteiger charge is 2.18. The zero-order valence-corrected chi connectivity index (χ0v) is 14.4. The SMILES string of the molecule is CCN(CC)[C@@H](CNC(=O)c1ccccc1O)Cc1ccccc1. The van der Waals surface area contributed by atoms with Gasteiger partial charge in [0.05, 0.1) is 5.56 Å². The van der Waals surface area contributed by atoms with Crippen LogP contribution in [0.2, 0.25) is 0 Å². The van der Waals surface area contributed by atoms with E-state index in [0.717, 1.165) is 19.5 Å². The smallest absolute Gasteiger partial charge is 0.255 e. The molecule has 0 radical (unpaired) electrons. The first kappa shape index (κ1) is 18.0. The molecule has 2 rings (SSSR count). The number of carbonyl (C=O) groups is 1. The lowest BCUT2D eigenvalue weighted by Gasteiger charge is -2.30. The van der Waals surface area contributed by atoms with Crippen molar-refractivity contribution in [3.63, 3.8) is 0 Å².